The van der Waals surface area contributed by atoms with E-state index in [1.165, 1.54) is 37.8 Å². The molecule has 4 rings (SSSR count). The number of hydrazone groups is 1. The zero-order chi connectivity index (χ0) is 30.1. The van der Waals surface area contributed by atoms with Gasteiger partial charge in [-0.25, -0.2) is 15.0 Å². The summed E-state index contributed by atoms with van der Waals surface area (Å²) in [6.07, 6.45) is 5.82. The Morgan fingerprint density at radius 1 is 0.905 bits per heavy atom. The molecule has 2 amide bonds. The molecule has 12 heteroatoms. The molecule has 0 spiro atoms. The van der Waals surface area contributed by atoms with Gasteiger partial charge in [0.15, 0.2) is 11.5 Å². The van der Waals surface area contributed by atoms with Crippen molar-refractivity contribution < 1.29 is 38.1 Å². The minimum absolute atomic E-state index is 0.167. The van der Waals surface area contributed by atoms with Crippen molar-refractivity contribution in [2.24, 2.45) is 5.10 Å². The van der Waals surface area contributed by atoms with Gasteiger partial charge in [0, 0.05) is 4.88 Å². The maximum absolute atomic E-state index is 12.7. The summed E-state index contributed by atoms with van der Waals surface area (Å²) in [5, 5.41) is 6.71. The van der Waals surface area contributed by atoms with Crippen molar-refractivity contribution in [3.63, 3.8) is 0 Å². The molecule has 2 N–H and O–H groups in total. The molecular formula is C30H31N3O8S. The number of thiophene rings is 1. The molecule has 1 aromatic heterocycles. The van der Waals surface area contributed by atoms with Crippen molar-refractivity contribution >= 4 is 46.3 Å². The summed E-state index contributed by atoms with van der Waals surface area (Å²) < 4.78 is 21.3. The molecule has 11 nitrogen and oxygen atoms in total. The second-order valence-corrected chi connectivity index (χ2v) is 10.2. The van der Waals surface area contributed by atoms with Crippen molar-refractivity contribution in [3.8, 4) is 17.2 Å². The largest absolute Gasteiger partial charge is 0.496 e. The average molecular weight is 594 g/mol. The van der Waals surface area contributed by atoms with Crippen LogP contribution in [0.1, 0.15) is 62.9 Å². The third-order valence-corrected chi connectivity index (χ3v) is 7.64. The molecule has 0 atom stereocenters. The summed E-state index contributed by atoms with van der Waals surface area (Å²) in [5.74, 6) is -2.34. The predicted octanol–water partition coefficient (Wildman–Crippen LogP) is 4.52. The van der Waals surface area contributed by atoms with Crippen LogP contribution < -0.4 is 25.0 Å². The molecule has 42 heavy (non-hydrogen) atoms. The summed E-state index contributed by atoms with van der Waals surface area (Å²) in [6, 6.07) is 11.3. The van der Waals surface area contributed by atoms with Crippen molar-refractivity contribution in [2.45, 2.75) is 39.0 Å². The van der Waals surface area contributed by atoms with Gasteiger partial charge in [-0.1, -0.05) is 18.6 Å². The van der Waals surface area contributed by atoms with E-state index in [1.807, 2.05) is 0 Å². The second kappa shape index (κ2) is 14.3. The number of methoxy groups -OCH3 is 2. The lowest BCUT2D eigenvalue weighted by Crippen LogP contribution is -2.32. The molecule has 0 aliphatic heterocycles. The summed E-state index contributed by atoms with van der Waals surface area (Å²) >= 11 is 1.30. The number of nitrogens with one attached hydrogen (secondary N) is 2. The van der Waals surface area contributed by atoms with Crippen LogP contribution in [0, 0.1) is 0 Å². The standard InChI is InChI=1S/C30H31N3O8S/c1-4-40-30(37)25-20-11-6-5-7-13-24(20)42-28(25)32-26(34)27(35)33-31-17-18-14-15-22(23(16-18)39-3)41-29(36)19-10-8-9-12-21(19)38-2/h8-10,12,14-17H,4-7,11,13H2,1-3H3,(H,32,34)(H,33,35). The molecule has 0 saturated heterocycles. The predicted molar refractivity (Wildman–Crippen MR) is 157 cm³/mol. The van der Waals surface area contributed by atoms with Gasteiger partial charge in [-0.05, 0) is 74.1 Å². The number of hydrogen-bond acceptors (Lipinski definition) is 10. The number of nitrogens with zero attached hydrogens (tertiary/aromatic N) is 1. The van der Waals surface area contributed by atoms with E-state index in [2.05, 4.69) is 15.8 Å². The highest BCUT2D eigenvalue weighted by Crippen LogP contribution is 2.38. The van der Waals surface area contributed by atoms with Crippen LogP contribution in [0.25, 0.3) is 0 Å². The lowest BCUT2D eigenvalue weighted by molar-refractivity contribution is -0.136. The van der Waals surface area contributed by atoms with E-state index in [4.69, 9.17) is 18.9 Å². The zero-order valence-electron chi connectivity index (χ0n) is 23.5. The summed E-state index contributed by atoms with van der Waals surface area (Å²) in [4.78, 5) is 51.5. The first-order chi connectivity index (χ1) is 20.4. The van der Waals surface area contributed by atoms with Crippen molar-refractivity contribution in [3.05, 3.63) is 69.6 Å². The van der Waals surface area contributed by atoms with Crippen LogP contribution >= 0.6 is 11.3 Å². The Morgan fingerprint density at radius 2 is 1.67 bits per heavy atom. The van der Waals surface area contributed by atoms with Crippen LogP contribution in [-0.2, 0) is 27.2 Å². The Hall–Kier alpha value is -4.71. The molecule has 0 bridgehead atoms. The smallest absolute Gasteiger partial charge is 0.347 e. The van der Waals surface area contributed by atoms with E-state index < -0.39 is 23.8 Å². The van der Waals surface area contributed by atoms with Gasteiger partial charge in [-0.15, -0.1) is 11.3 Å². The summed E-state index contributed by atoms with van der Waals surface area (Å²) in [6.45, 7) is 1.91. The third-order valence-electron chi connectivity index (χ3n) is 6.43. The number of amides is 2. The number of anilines is 1. The van der Waals surface area contributed by atoms with Gasteiger partial charge in [0.25, 0.3) is 0 Å². The summed E-state index contributed by atoms with van der Waals surface area (Å²) in [5.41, 5.74) is 4.14. The number of benzene rings is 2. The van der Waals surface area contributed by atoms with Crippen LogP contribution in [-0.4, -0.2) is 50.8 Å². The first kappa shape index (κ1) is 30.3. The lowest BCUT2D eigenvalue weighted by atomic mass is 10.1. The average Bonchev–Trinajstić information content (AvgIpc) is 3.17. The van der Waals surface area contributed by atoms with Crippen LogP contribution in [0.2, 0.25) is 0 Å². The normalized spacial score (nSPS) is 12.5. The SMILES string of the molecule is CCOC(=O)c1c(NC(=O)C(=O)NN=Cc2ccc(OC(=O)c3ccccc3OC)c(OC)c2)sc2c1CCCCC2. The van der Waals surface area contributed by atoms with Crippen LogP contribution in [0.4, 0.5) is 5.00 Å². The van der Waals surface area contributed by atoms with Crippen LogP contribution in [0.5, 0.6) is 17.2 Å². The number of para-hydroxylation sites is 1. The van der Waals surface area contributed by atoms with Crippen molar-refractivity contribution in [1.29, 1.82) is 0 Å². The van der Waals surface area contributed by atoms with Crippen LogP contribution in [0.3, 0.4) is 0 Å². The van der Waals surface area contributed by atoms with E-state index in [9.17, 15) is 19.2 Å². The molecule has 3 aromatic rings. The highest BCUT2D eigenvalue weighted by molar-refractivity contribution is 7.17. The molecular weight excluding hydrogens is 562 g/mol. The fourth-order valence-corrected chi connectivity index (χ4v) is 5.72. The molecule has 0 radical (unpaired) electrons. The van der Waals surface area contributed by atoms with E-state index in [0.717, 1.165) is 36.1 Å². The molecule has 0 saturated carbocycles. The number of hydrogen-bond donors (Lipinski definition) is 2. The molecule has 1 aliphatic rings. The fourth-order valence-electron chi connectivity index (χ4n) is 4.44. The van der Waals surface area contributed by atoms with Crippen LogP contribution in [0.15, 0.2) is 47.6 Å². The maximum Gasteiger partial charge on any atom is 0.347 e. The van der Waals surface area contributed by atoms with E-state index in [0.29, 0.717) is 28.3 Å². The molecule has 220 valence electrons. The molecule has 1 aliphatic carbocycles. The Bertz CT molecular complexity index is 1510. The number of esters is 2. The van der Waals surface area contributed by atoms with Gasteiger partial charge in [0.2, 0.25) is 0 Å². The Morgan fingerprint density at radius 3 is 2.43 bits per heavy atom. The zero-order valence-corrected chi connectivity index (χ0v) is 24.3. The first-order valence-corrected chi connectivity index (χ1v) is 14.2. The lowest BCUT2D eigenvalue weighted by Gasteiger charge is -2.11. The number of fused-ring (bicyclic) bond motifs is 1. The monoisotopic (exact) mass is 593 g/mol. The Labute approximate surface area is 246 Å². The topological polar surface area (TPSA) is 142 Å². The second-order valence-electron chi connectivity index (χ2n) is 9.14. The molecule has 2 aromatic carbocycles. The minimum atomic E-state index is -1.01. The molecule has 1 heterocycles. The van der Waals surface area contributed by atoms with Gasteiger partial charge in [0.05, 0.1) is 32.6 Å². The van der Waals surface area contributed by atoms with Gasteiger partial charge in [-0.3, -0.25) is 9.59 Å². The minimum Gasteiger partial charge on any atom is -0.496 e. The number of aryl methyl sites for hydroxylation is 1. The third kappa shape index (κ3) is 7.13. The number of rotatable bonds is 9. The van der Waals surface area contributed by atoms with Crippen molar-refractivity contribution in [1.82, 2.24) is 5.43 Å². The maximum atomic E-state index is 12.7. The number of carbonyl (C=O) groups is 4. The number of carbonyl (C=O) groups excluding carboxylic acids is 4. The van der Waals surface area contributed by atoms with E-state index >= 15 is 0 Å². The molecule has 0 fully saturated rings. The quantitative estimate of drug-likeness (QED) is 0.0921. The van der Waals surface area contributed by atoms with E-state index in [-0.39, 0.29) is 23.7 Å². The van der Waals surface area contributed by atoms with E-state index in [1.54, 1.807) is 43.3 Å². The highest BCUT2D eigenvalue weighted by Gasteiger charge is 2.28. The highest BCUT2D eigenvalue weighted by atomic mass is 32.1. The van der Waals surface area contributed by atoms with Gasteiger partial charge < -0.3 is 24.3 Å². The summed E-state index contributed by atoms with van der Waals surface area (Å²) in [7, 11) is 2.87. The van der Waals surface area contributed by atoms with Gasteiger partial charge in [0.1, 0.15) is 16.3 Å². The van der Waals surface area contributed by atoms with Crippen molar-refractivity contribution in [2.75, 3.05) is 26.1 Å². The van der Waals surface area contributed by atoms with Gasteiger partial charge in [-0.2, -0.15) is 5.10 Å². The first-order valence-electron chi connectivity index (χ1n) is 13.4. The molecule has 0 unspecified atom stereocenters. The fraction of sp³-hybridized carbons (Fsp3) is 0.300. The Kier molecular flexibility index (Phi) is 10.3. The van der Waals surface area contributed by atoms with Gasteiger partial charge >= 0.3 is 23.8 Å². The Balaban J connectivity index is 1.41. The number of ether oxygens (including phenoxy) is 4.